The van der Waals surface area contributed by atoms with Crippen LogP contribution >= 0.6 is 0 Å². The third-order valence-corrected chi connectivity index (χ3v) is 4.91. The van der Waals surface area contributed by atoms with Crippen LogP contribution in [0.2, 0.25) is 0 Å². The van der Waals surface area contributed by atoms with E-state index in [1.54, 1.807) is 6.07 Å². The lowest BCUT2D eigenvalue weighted by atomic mass is 9.93. The van der Waals surface area contributed by atoms with Gasteiger partial charge in [0.2, 0.25) is 0 Å². The van der Waals surface area contributed by atoms with E-state index in [1.807, 2.05) is 12.1 Å². The average Bonchev–Trinajstić information content (AvgIpc) is 2.68. The SMILES string of the molecule is Nc1c2c(nc3cc(NC(=O)c4ccc([N+](=O)[O-])cc4)ccc13)CCCC2. The Balaban J connectivity index is 1.62. The van der Waals surface area contributed by atoms with Crippen molar-refractivity contribution in [2.45, 2.75) is 25.7 Å². The number of carbonyl (C=O) groups is 1. The zero-order valence-electron chi connectivity index (χ0n) is 14.6. The molecule has 0 radical (unpaired) electrons. The molecule has 0 saturated carbocycles. The lowest BCUT2D eigenvalue weighted by Gasteiger charge is -2.18. The number of hydrogen-bond acceptors (Lipinski definition) is 5. The van der Waals surface area contributed by atoms with E-state index in [1.165, 1.54) is 24.3 Å². The maximum atomic E-state index is 12.4. The number of pyridine rings is 1. The monoisotopic (exact) mass is 362 g/mol. The number of amides is 1. The van der Waals surface area contributed by atoms with Crippen molar-refractivity contribution in [2.24, 2.45) is 0 Å². The first-order valence-electron chi connectivity index (χ1n) is 8.80. The van der Waals surface area contributed by atoms with Gasteiger partial charge in [0.1, 0.15) is 0 Å². The number of rotatable bonds is 3. The molecule has 2 aromatic carbocycles. The molecular weight excluding hydrogens is 344 g/mol. The third-order valence-electron chi connectivity index (χ3n) is 4.91. The molecule has 1 heterocycles. The molecule has 27 heavy (non-hydrogen) atoms. The van der Waals surface area contributed by atoms with Gasteiger partial charge in [-0.15, -0.1) is 0 Å². The van der Waals surface area contributed by atoms with Crippen LogP contribution in [0.15, 0.2) is 42.5 Å². The molecule has 0 bridgehead atoms. The summed E-state index contributed by atoms with van der Waals surface area (Å²) in [5, 5.41) is 14.4. The smallest absolute Gasteiger partial charge is 0.269 e. The van der Waals surface area contributed by atoms with Crippen LogP contribution in [0.1, 0.15) is 34.5 Å². The summed E-state index contributed by atoms with van der Waals surface area (Å²) in [6.07, 6.45) is 4.13. The number of nitrogen functional groups attached to an aromatic ring is 1. The molecule has 3 aromatic rings. The fraction of sp³-hybridized carbons (Fsp3) is 0.200. The molecule has 0 fully saturated rings. The van der Waals surface area contributed by atoms with Crippen LogP contribution in [-0.4, -0.2) is 15.8 Å². The summed E-state index contributed by atoms with van der Waals surface area (Å²) in [4.78, 5) is 27.4. The molecule has 0 aliphatic heterocycles. The summed E-state index contributed by atoms with van der Waals surface area (Å²) in [6, 6.07) is 11.0. The van der Waals surface area contributed by atoms with Crippen LogP contribution in [0, 0.1) is 10.1 Å². The molecular formula is C20H18N4O3. The fourth-order valence-corrected chi connectivity index (χ4v) is 3.48. The number of nitro benzene ring substituents is 1. The predicted molar refractivity (Wildman–Crippen MR) is 104 cm³/mol. The van der Waals surface area contributed by atoms with Crippen molar-refractivity contribution in [1.29, 1.82) is 0 Å². The van der Waals surface area contributed by atoms with E-state index < -0.39 is 4.92 Å². The molecule has 1 aliphatic rings. The second kappa shape index (κ2) is 6.68. The van der Waals surface area contributed by atoms with E-state index in [4.69, 9.17) is 10.7 Å². The quantitative estimate of drug-likeness (QED) is 0.543. The second-order valence-corrected chi connectivity index (χ2v) is 6.65. The van der Waals surface area contributed by atoms with E-state index in [9.17, 15) is 14.9 Å². The van der Waals surface area contributed by atoms with Gasteiger partial charge in [-0.2, -0.15) is 0 Å². The van der Waals surface area contributed by atoms with Gasteiger partial charge in [0.25, 0.3) is 11.6 Å². The number of fused-ring (bicyclic) bond motifs is 2. The molecule has 1 aliphatic carbocycles. The Hall–Kier alpha value is -3.48. The fourth-order valence-electron chi connectivity index (χ4n) is 3.48. The zero-order valence-corrected chi connectivity index (χ0v) is 14.6. The van der Waals surface area contributed by atoms with E-state index in [-0.39, 0.29) is 11.6 Å². The van der Waals surface area contributed by atoms with Crippen molar-refractivity contribution in [2.75, 3.05) is 11.1 Å². The number of nitro groups is 1. The van der Waals surface area contributed by atoms with Crippen LogP contribution in [0.3, 0.4) is 0 Å². The Labute approximate surface area is 155 Å². The standard InChI is InChI=1S/C20H18N4O3/c21-19-15-3-1-2-4-17(15)23-18-11-13(7-10-16(18)19)22-20(25)12-5-8-14(9-6-12)24(26)27/h5-11H,1-4H2,(H2,21,23)(H,22,25). The third kappa shape index (κ3) is 3.19. The van der Waals surface area contributed by atoms with Crippen molar-refractivity contribution in [3.8, 4) is 0 Å². The first kappa shape index (κ1) is 17.0. The Morgan fingerprint density at radius 1 is 1.11 bits per heavy atom. The topological polar surface area (TPSA) is 111 Å². The molecule has 1 aromatic heterocycles. The molecule has 136 valence electrons. The van der Waals surface area contributed by atoms with Gasteiger partial charge in [0.15, 0.2) is 0 Å². The summed E-state index contributed by atoms with van der Waals surface area (Å²) in [5.74, 6) is -0.338. The molecule has 3 N–H and O–H groups in total. The van der Waals surface area contributed by atoms with Gasteiger partial charge in [0.05, 0.1) is 10.4 Å². The maximum Gasteiger partial charge on any atom is 0.269 e. The van der Waals surface area contributed by atoms with Crippen molar-refractivity contribution < 1.29 is 9.72 Å². The number of carbonyl (C=O) groups excluding carboxylic acids is 1. The van der Waals surface area contributed by atoms with Crippen molar-refractivity contribution in [3.05, 3.63) is 69.4 Å². The average molecular weight is 362 g/mol. The summed E-state index contributed by atoms with van der Waals surface area (Å²) in [6.45, 7) is 0. The normalized spacial score (nSPS) is 13.2. The molecule has 0 saturated heterocycles. The van der Waals surface area contributed by atoms with Gasteiger partial charge in [-0.3, -0.25) is 19.9 Å². The van der Waals surface area contributed by atoms with Gasteiger partial charge in [0, 0.05) is 40.2 Å². The van der Waals surface area contributed by atoms with Crippen molar-refractivity contribution in [3.63, 3.8) is 0 Å². The Kier molecular flexibility index (Phi) is 4.19. The molecule has 4 rings (SSSR count). The highest BCUT2D eigenvalue weighted by atomic mass is 16.6. The van der Waals surface area contributed by atoms with Crippen LogP contribution in [0.5, 0.6) is 0 Å². The number of hydrogen-bond donors (Lipinski definition) is 2. The highest BCUT2D eigenvalue weighted by Gasteiger charge is 2.17. The number of anilines is 2. The van der Waals surface area contributed by atoms with E-state index >= 15 is 0 Å². The van der Waals surface area contributed by atoms with Crippen LogP contribution in [0.25, 0.3) is 10.9 Å². The molecule has 0 atom stereocenters. The first-order chi connectivity index (χ1) is 13.0. The number of non-ortho nitro benzene ring substituents is 1. The van der Waals surface area contributed by atoms with Gasteiger partial charge in [-0.25, -0.2) is 0 Å². The van der Waals surface area contributed by atoms with Crippen LogP contribution in [-0.2, 0) is 12.8 Å². The molecule has 1 amide bonds. The summed E-state index contributed by atoms with van der Waals surface area (Å²) in [7, 11) is 0. The van der Waals surface area contributed by atoms with Gasteiger partial charge < -0.3 is 11.1 Å². The van der Waals surface area contributed by atoms with Gasteiger partial charge >= 0.3 is 0 Å². The highest BCUT2D eigenvalue weighted by molar-refractivity contribution is 6.05. The molecule has 7 nitrogen and oxygen atoms in total. The molecule has 0 unspecified atom stereocenters. The summed E-state index contributed by atoms with van der Waals surface area (Å²) >= 11 is 0. The predicted octanol–water partition coefficient (Wildman–Crippen LogP) is 3.86. The lowest BCUT2D eigenvalue weighted by molar-refractivity contribution is -0.384. The Morgan fingerprint density at radius 2 is 1.85 bits per heavy atom. The second-order valence-electron chi connectivity index (χ2n) is 6.65. The highest BCUT2D eigenvalue weighted by Crippen LogP contribution is 2.32. The number of nitrogens with zero attached hydrogens (tertiary/aromatic N) is 2. The lowest BCUT2D eigenvalue weighted by Crippen LogP contribution is -2.12. The van der Waals surface area contributed by atoms with E-state index in [2.05, 4.69) is 5.32 Å². The molecule has 7 heteroatoms. The number of nitrogens with one attached hydrogen (secondary N) is 1. The van der Waals surface area contributed by atoms with Gasteiger partial charge in [-0.1, -0.05) is 0 Å². The Bertz CT molecular complexity index is 1060. The maximum absolute atomic E-state index is 12.4. The minimum Gasteiger partial charge on any atom is -0.398 e. The van der Waals surface area contributed by atoms with Crippen molar-refractivity contribution in [1.82, 2.24) is 4.98 Å². The number of aryl methyl sites for hydroxylation is 1. The van der Waals surface area contributed by atoms with Crippen molar-refractivity contribution >= 4 is 33.9 Å². The minimum atomic E-state index is -0.498. The summed E-state index contributed by atoms with van der Waals surface area (Å²) < 4.78 is 0. The Morgan fingerprint density at radius 3 is 2.59 bits per heavy atom. The number of aromatic nitrogens is 1. The first-order valence-corrected chi connectivity index (χ1v) is 8.80. The molecule has 0 spiro atoms. The summed E-state index contributed by atoms with van der Waals surface area (Å²) in [5.41, 5.74) is 11.0. The minimum absolute atomic E-state index is 0.0540. The zero-order chi connectivity index (χ0) is 19.0. The van der Waals surface area contributed by atoms with Gasteiger partial charge in [-0.05, 0) is 61.6 Å². The van der Waals surface area contributed by atoms with E-state index in [0.29, 0.717) is 11.3 Å². The number of nitrogens with two attached hydrogens (primary N) is 1. The van der Waals surface area contributed by atoms with E-state index in [0.717, 1.165) is 53.5 Å². The van der Waals surface area contributed by atoms with Crippen LogP contribution < -0.4 is 11.1 Å². The van der Waals surface area contributed by atoms with Crippen LogP contribution in [0.4, 0.5) is 17.1 Å². The number of benzene rings is 2. The largest absolute Gasteiger partial charge is 0.398 e.